The summed E-state index contributed by atoms with van der Waals surface area (Å²) in [6, 6.07) is 6.67. The van der Waals surface area contributed by atoms with Crippen LogP contribution in [0.15, 0.2) is 35.8 Å². The second-order valence-corrected chi connectivity index (χ2v) is 6.78. The zero-order valence-corrected chi connectivity index (χ0v) is 14.3. The van der Waals surface area contributed by atoms with Crippen LogP contribution in [0.3, 0.4) is 0 Å². The molecule has 0 bridgehead atoms. The van der Waals surface area contributed by atoms with Gasteiger partial charge in [0.05, 0.1) is 12.6 Å². The zero-order valence-electron chi connectivity index (χ0n) is 13.4. The van der Waals surface area contributed by atoms with Crippen molar-refractivity contribution in [2.75, 3.05) is 25.5 Å². The van der Waals surface area contributed by atoms with Crippen molar-refractivity contribution in [1.82, 2.24) is 9.88 Å². The SMILES string of the molecule is CN(CC(=O)Nc1nccs1)C1CCOC(c2ccc(F)cc2)C1. The average Bonchev–Trinajstić information content (AvgIpc) is 3.08. The molecule has 1 amide bonds. The summed E-state index contributed by atoms with van der Waals surface area (Å²) in [4.78, 5) is 18.2. The number of rotatable bonds is 5. The Morgan fingerprint density at radius 1 is 1.46 bits per heavy atom. The third kappa shape index (κ3) is 4.37. The standard InChI is InChI=1S/C17H20FN3O2S/c1-21(11-16(22)20-17-19-7-9-24-17)14-6-8-23-15(10-14)12-2-4-13(18)5-3-12/h2-5,7,9,14-15H,6,8,10-11H2,1H3,(H,19,20,22). The van der Waals surface area contributed by atoms with E-state index in [1.54, 1.807) is 18.3 Å². The third-order valence-electron chi connectivity index (χ3n) is 4.19. The minimum Gasteiger partial charge on any atom is -0.373 e. The number of carbonyl (C=O) groups is 1. The second-order valence-electron chi connectivity index (χ2n) is 5.89. The summed E-state index contributed by atoms with van der Waals surface area (Å²) in [6.45, 7) is 0.936. The number of hydrogen-bond acceptors (Lipinski definition) is 5. The van der Waals surface area contributed by atoms with Crippen LogP contribution in [-0.2, 0) is 9.53 Å². The lowest BCUT2D eigenvalue weighted by atomic mass is 9.96. The number of anilines is 1. The van der Waals surface area contributed by atoms with Crippen LogP contribution >= 0.6 is 11.3 Å². The summed E-state index contributed by atoms with van der Waals surface area (Å²) < 4.78 is 18.9. The molecule has 3 rings (SSSR count). The number of amides is 1. The topological polar surface area (TPSA) is 54.5 Å². The highest BCUT2D eigenvalue weighted by molar-refractivity contribution is 7.13. The van der Waals surface area contributed by atoms with Crippen molar-refractivity contribution in [2.45, 2.75) is 25.0 Å². The molecule has 128 valence electrons. The molecule has 7 heteroatoms. The lowest BCUT2D eigenvalue weighted by Crippen LogP contribution is -2.41. The molecular formula is C17H20FN3O2S. The molecule has 0 aliphatic carbocycles. The lowest BCUT2D eigenvalue weighted by Gasteiger charge is -2.35. The number of thiazole rings is 1. The largest absolute Gasteiger partial charge is 0.373 e. The van der Waals surface area contributed by atoms with Gasteiger partial charge in [0.15, 0.2) is 5.13 Å². The fourth-order valence-electron chi connectivity index (χ4n) is 2.89. The monoisotopic (exact) mass is 349 g/mol. The lowest BCUT2D eigenvalue weighted by molar-refractivity contribution is -0.118. The van der Waals surface area contributed by atoms with Gasteiger partial charge in [-0.3, -0.25) is 9.69 Å². The third-order valence-corrected chi connectivity index (χ3v) is 4.88. The van der Waals surface area contributed by atoms with Crippen LogP contribution in [0, 0.1) is 5.82 Å². The number of aromatic nitrogens is 1. The van der Waals surface area contributed by atoms with E-state index >= 15 is 0 Å². The summed E-state index contributed by atoms with van der Waals surface area (Å²) in [7, 11) is 1.94. The van der Waals surface area contributed by atoms with Crippen molar-refractivity contribution < 1.29 is 13.9 Å². The van der Waals surface area contributed by atoms with Gasteiger partial charge in [-0.25, -0.2) is 9.37 Å². The first-order valence-electron chi connectivity index (χ1n) is 7.88. The molecule has 5 nitrogen and oxygen atoms in total. The van der Waals surface area contributed by atoms with E-state index in [1.165, 1.54) is 23.5 Å². The van der Waals surface area contributed by atoms with E-state index in [2.05, 4.69) is 10.3 Å². The molecular weight excluding hydrogens is 329 g/mol. The Bertz CT molecular complexity index is 663. The first-order chi connectivity index (χ1) is 11.6. The highest BCUT2D eigenvalue weighted by atomic mass is 32.1. The van der Waals surface area contributed by atoms with Crippen molar-refractivity contribution in [3.63, 3.8) is 0 Å². The van der Waals surface area contributed by atoms with Gasteiger partial charge in [-0.05, 0) is 37.6 Å². The van der Waals surface area contributed by atoms with Gasteiger partial charge < -0.3 is 10.1 Å². The molecule has 0 radical (unpaired) electrons. The second kappa shape index (κ2) is 7.83. The predicted molar refractivity (Wildman–Crippen MR) is 91.5 cm³/mol. The number of halogens is 1. The molecule has 2 aromatic rings. The summed E-state index contributed by atoms with van der Waals surface area (Å²) in [6.07, 6.45) is 3.26. The molecule has 0 spiro atoms. The van der Waals surface area contributed by atoms with Crippen molar-refractivity contribution >= 4 is 22.4 Å². The Morgan fingerprint density at radius 2 is 2.25 bits per heavy atom. The van der Waals surface area contributed by atoms with Crippen LogP contribution < -0.4 is 5.32 Å². The maximum atomic E-state index is 13.1. The quantitative estimate of drug-likeness (QED) is 0.901. The van der Waals surface area contributed by atoms with E-state index in [1.807, 2.05) is 17.3 Å². The molecule has 2 unspecified atom stereocenters. The molecule has 2 heterocycles. The zero-order chi connectivity index (χ0) is 16.9. The maximum absolute atomic E-state index is 13.1. The summed E-state index contributed by atoms with van der Waals surface area (Å²) >= 11 is 1.40. The Labute approximate surface area is 144 Å². The van der Waals surface area contributed by atoms with Gasteiger partial charge in [-0.1, -0.05) is 12.1 Å². The van der Waals surface area contributed by atoms with Crippen molar-refractivity contribution in [2.24, 2.45) is 0 Å². The Morgan fingerprint density at radius 3 is 2.96 bits per heavy atom. The fourth-order valence-corrected chi connectivity index (χ4v) is 3.43. The number of benzene rings is 1. The van der Waals surface area contributed by atoms with Crippen molar-refractivity contribution in [3.8, 4) is 0 Å². The van der Waals surface area contributed by atoms with Crippen molar-refractivity contribution in [3.05, 3.63) is 47.2 Å². The number of nitrogens with zero attached hydrogens (tertiary/aromatic N) is 2. The van der Waals surface area contributed by atoms with Gasteiger partial charge in [0.2, 0.25) is 5.91 Å². The molecule has 1 aromatic carbocycles. The summed E-state index contributed by atoms with van der Waals surface area (Å²) in [5, 5.41) is 5.23. The van der Waals surface area contributed by atoms with E-state index in [4.69, 9.17) is 4.74 Å². The normalized spacial score (nSPS) is 21.0. The molecule has 1 N–H and O–H groups in total. The summed E-state index contributed by atoms with van der Waals surface area (Å²) in [5.74, 6) is -0.320. The van der Waals surface area contributed by atoms with E-state index < -0.39 is 0 Å². The van der Waals surface area contributed by atoms with Gasteiger partial charge in [-0.2, -0.15) is 0 Å². The number of carbonyl (C=O) groups excluding carboxylic acids is 1. The molecule has 24 heavy (non-hydrogen) atoms. The van der Waals surface area contributed by atoms with Crippen LogP contribution in [0.25, 0.3) is 0 Å². The number of nitrogens with one attached hydrogen (secondary N) is 1. The van der Waals surface area contributed by atoms with E-state index in [-0.39, 0.29) is 23.9 Å². The van der Waals surface area contributed by atoms with Gasteiger partial charge >= 0.3 is 0 Å². The molecule has 2 atom stereocenters. The Balaban J connectivity index is 1.55. The maximum Gasteiger partial charge on any atom is 0.240 e. The first-order valence-corrected chi connectivity index (χ1v) is 8.76. The van der Waals surface area contributed by atoms with Crippen LogP contribution in [0.2, 0.25) is 0 Å². The Kier molecular flexibility index (Phi) is 5.55. The number of likely N-dealkylation sites (N-methyl/N-ethyl adjacent to an activating group) is 1. The predicted octanol–water partition coefficient (Wildman–Crippen LogP) is 3.07. The fraction of sp³-hybridized carbons (Fsp3) is 0.412. The van der Waals surface area contributed by atoms with Crippen LogP contribution in [-0.4, -0.2) is 42.0 Å². The number of hydrogen-bond donors (Lipinski definition) is 1. The minimum absolute atomic E-state index is 0.0613. The van der Waals surface area contributed by atoms with E-state index in [0.29, 0.717) is 18.3 Å². The molecule has 1 aromatic heterocycles. The Hall–Kier alpha value is -1.83. The molecule has 1 aliphatic rings. The molecule has 1 aliphatic heterocycles. The van der Waals surface area contributed by atoms with Crippen LogP contribution in [0.4, 0.5) is 9.52 Å². The minimum atomic E-state index is -0.248. The van der Waals surface area contributed by atoms with Crippen LogP contribution in [0.5, 0.6) is 0 Å². The number of ether oxygens (including phenoxy) is 1. The van der Waals surface area contributed by atoms with Crippen molar-refractivity contribution in [1.29, 1.82) is 0 Å². The van der Waals surface area contributed by atoms with Gasteiger partial charge in [-0.15, -0.1) is 11.3 Å². The molecule has 1 saturated heterocycles. The highest BCUT2D eigenvalue weighted by Gasteiger charge is 2.27. The smallest absolute Gasteiger partial charge is 0.240 e. The highest BCUT2D eigenvalue weighted by Crippen LogP contribution is 2.30. The van der Waals surface area contributed by atoms with E-state index in [9.17, 15) is 9.18 Å². The first kappa shape index (κ1) is 17.0. The molecule has 0 saturated carbocycles. The summed E-state index contributed by atoms with van der Waals surface area (Å²) in [5.41, 5.74) is 0.974. The average molecular weight is 349 g/mol. The molecule has 1 fully saturated rings. The van der Waals surface area contributed by atoms with Crippen LogP contribution in [0.1, 0.15) is 24.5 Å². The van der Waals surface area contributed by atoms with E-state index in [0.717, 1.165) is 18.4 Å². The van der Waals surface area contributed by atoms with Gasteiger partial charge in [0.1, 0.15) is 5.82 Å². The van der Waals surface area contributed by atoms with Gasteiger partial charge in [0, 0.05) is 24.2 Å². The van der Waals surface area contributed by atoms with Gasteiger partial charge in [0.25, 0.3) is 0 Å².